The summed E-state index contributed by atoms with van der Waals surface area (Å²) >= 11 is 1.89. The van der Waals surface area contributed by atoms with Crippen LogP contribution in [0.2, 0.25) is 0 Å². The lowest BCUT2D eigenvalue weighted by Gasteiger charge is -2.10. The van der Waals surface area contributed by atoms with Crippen molar-refractivity contribution < 1.29 is 33.1 Å². The van der Waals surface area contributed by atoms with Crippen LogP contribution in [0.5, 0.6) is 11.5 Å². The van der Waals surface area contributed by atoms with Crippen LogP contribution in [0.15, 0.2) is 57.2 Å². The fraction of sp³-hybridized carbons (Fsp3) is 0.182. The average molecular weight is 515 g/mol. The molecule has 2 N–H and O–H groups in total. The molecule has 1 atom stereocenters. The number of amides is 3. The van der Waals surface area contributed by atoms with Gasteiger partial charge in [0.1, 0.15) is 10.8 Å². The SMILES string of the molecule is COc1cc(/C=N/NC(=O)CSc2nc3ccccc3o2)ccc1OC(=O)CC1SC(=O)NC1=O. The number of carbonyl (C=O) groups is 4. The Bertz CT molecular complexity index is 1290. The maximum absolute atomic E-state index is 12.2. The lowest BCUT2D eigenvalue weighted by molar-refractivity contribution is -0.136. The Morgan fingerprint density at radius 2 is 2.09 bits per heavy atom. The predicted molar refractivity (Wildman–Crippen MR) is 129 cm³/mol. The standard InChI is InChI=1S/C22H18N4O7S2/c1-31-16-8-12(6-7-15(16)32-19(28)9-17-20(29)25-21(30)35-17)10-23-26-18(27)11-34-22-24-13-4-2-3-5-14(13)33-22/h2-8,10,17H,9,11H2,1H3,(H,26,27)(H,25,29,30)/b23-10+. The zero-order valence-electron chi connectivity index (χ0n) is 18.2. The Balaban J connectivity index is 1.28. The first-order chi connectivity index (χ1) is 16.9. The average Bonchev–Trinajstić information content (AvgIpc) is 3.40. The number of hydrogen-bond donors (Lipinski definition) is 2. The summed E-state index contributed by atoms with van der Waals surface area (Å²) in [6, 6.07) is 12.0. The van der Waals surface area contributed by atoms with E-state index >= 15 is 0 Å². The smallest absolute Gasteiger partial charge is 0.312 e. The molecule has 3 aromatic rings. The van der Waals surface area contributed by atoms with Crippen LogP contribution in [0, 0.1) is 0 Å². The quantitative estimate of drug-likeness (QED) is 0.143. The third-order valence-corrected chi connectivity index (χ3v) is 6.34. The Morgan fingerprint density at radius 3 is 2.83 bits per heavy atom. The third-order valence-electron chi connectivity index (χ3n) is 4.53. The van der Waals surface area contributed by atoms with Crippen LogP contribution in [0.25, 0.3) is 11.1 Å². The van der Waals surface area contributed by atoms with Gasteiger partial charge in [-0.3, -0.25) is 24.5 Å². The zero-order valence-corrected chi connectivity index (χ0v) is 19.8. The van der Waals surface area contributed by atoms with Crippen molar-refractivity contribution in [2.24, 2.45) is 5.10 Å². The van der Waals surface area contributed by atoms with Gasteiger partial charge in [-0.25, -0.2) is 10.4 Å². The van der Waals surface area contributed by atoms with Gasteiger partial charge in [-0.05, 0) is 35.9 Å². The predicted octanol–water partition coefficient (Wildman–Crippen LogP) is 2.73. The van der Waals surface area contributed by atoms with E-state index in [1.807, 2.05) is 18.2 Å². The molecule has 1 aromatic heterocycles. The second kappa shape index (κ2) is 11.1. The molecule has 3 amide bonds. The highest BCUT2D eigenvalue weighted by atomic mass is 32.2. The van der Waals surface area contributed by atoms with Crippen LogP contribution in [-0.4, -0.2) is 52.3 Å². The number of aromatic nitrogens is 1. The molecule has 0 bridgehead atoms. The number of hydrogen-bond acceptors (Lipinski definition) is 11. The molecule has 35 heavy (non-hydrogen) atoms. The Labute approximate surface area is 207 Å². The van der Waals surface area contributed by atoms with Crippen molar-refractivity contribution in [2.45, 2.75) is 16.9 Å². The number of methoxy groups -OCH3 is 1. The number of thioether (sulfide) groups is 2. The Morgan fingerprint density at radius 1 is 1.26 bits per heavy atom. The van der Waals surface area contributed by atoms with Crippen LogP contribution in [0.4, 0.5) is 4.79 Å². The number of esters is 1. The number of nitrogens with zero attached hydrogens (tertiary/aromatic N) is 2. The van der Waals surface area contributed by atoms with Crippen LogP contribution in [0.1, 0.15) is 12.0 Å². The minimum Gasteiger partial charge on any atom is -0.493 e. The van der Waals surface area contributed by atoms with Crippen molar-refractivity contribution in [2.75, 3.05) is 12.9 Å². The topological polar surface area (TPSA) is 149 Å². The van der Waals surface area contributed by atoms with E-state index in [1.54, 1.807) is 18.2 Å². The molecule has 1 unspecified atom stereocenters. The van der Waals surface area contributed by atoms with Crippen molar-refractivity contribution in [3.8, 4) is 11.5 Å². The summed E-state index contributed by atoms with van der Waals surface area (Å²) in [7, 11) is 1.40. The number of oxazole rings is 1. The molecular formula is C22H18N4O7S2. The molecule has 13 heteroatoms. The molecule has 0 aliphatic carbocycles. The fourth-order valence-electron chi connectivity index (χ4n) is 2.94. The highest BCUT2D eigenvalue weighted by molar-refractivity contribution is 8.15. The minimum absolute atomic E-state index is 0.0608. The zero-order chi connectivity index (χ0) is 24.8. The first-order valence-corrected chi connectivity index (χ1v) is 12.0. The molecule has 1 aliphatic heterocycles. The maximum atomic E-state index is 12.2. The van der Waals surface area contributed by atoms with Crippen LogP contribution < -0.4 is 20.2 Å². The third kappa shape index (κ3) is 6.39. The van der Waals surface area contributed by atoms with E-state index in [0.717, 1.165) is 29.0 Å². The van der Waals surface area contributed by atoms with Gasteiger partial charge in [-0.15, -0.1) is 0 Å². The van der Waals surface area contributed by atoms with E-state index < -0.39 is 22.4 Å². The van der Waals surface area contributed by atoms with Crippen molar-refractivity contribution in [1.29, 1.82) is 0 Å². The van der Waals surface area contributed by atoms with Crippen LogP contribution in [-0.2, 0) is 14.4 Å². The van der Waals surface area contributed by atoms with Gasteiger partial charge in [-0.1, -0.05) is 35.7 Å². The van der Waals surface area contributed by atoms with Crippen molar-refractivity contribution in [1.82, 2.24) is 15.7 Å². The molecule has 4 rings (SSSR count). The highest BCUT2D eigenvalue weighted by Crippen LogP contribution is 2.29. The molecule has 1 aliphatic rings. The molecule has 2 aromatic carbocycles. The molecule has 11 nitrogen and oxygen atoms in total. The van der Waals surface area contributed by atoms with Gasteiger partial charge in [0, 0.05) is 0 Å². The van der Waals surface area contributed by atoms with E-state index in [2.05, 4.69) is 20.8 Å². The molecule has 1 fully saturated rings. The van der Waals surface area contributed by atoms with Gasteiger partial charge < -0.3 is 13.9 Å². The van der Waals surface area contributed by atoms with Crippen molar-refractivity contribution in [3.63, 3.8) is 0 Å². The summed E-state index contributed by atoms with van der Waals surface area (Å²) in [5.74, 6) is -1.10. The highest BCUT2D eigenvalue weighted by Gasteiger charge is 2.34. The summed E-state index contributed by atoms with van der Waals surface area (Å²) in [6.45, 7) is 0. The molecule has 180 valence electrons. The first kappa shape index (κ1) is 24.3. The number of imide groups is 1. The minimum atomic E-state index is -0.822. The fourth-order valence-corrected chi connectivity index (χ4v) is 4.38. The number of para-hydroxylation sites is 2. The second-order valence-electron chi connectivity index (χ2n) is 7.00. The van der Waals surface area contributed by atoms with Crippen LogP contribution >= 0.6 is 23.5 Å². The molecule has 1 saturated heterocycles. The summed E-state index contributed by atoms with van der Waals surface area (Å²) in [5.41, 5.74) is 4.35. The normalized spacial score (nSPS) is 15.4. The van der Waals surface area contributed by atoms with Gasteiger partial charge in [0.15, 0.2) is 17.1 Å². The number of hydrazone groups is 1. The molecule has 0 spiro atoms. The number of nitrogens with one attached hydrogen (secondary N) is 2. The largest absolute Gasteiger partial charge is 0.493 e. The van der Waals surface area contributed by atoms with E-state index in [9.17, 15) is 19.2 Å². The number of ether oxygens (including phenoxy) is 2. The van der Waals surface area contributed by atoms with E-state index in [1.165, 1.54) is 19.4 Å². The monoisotopic (exact) mass is 514 g/mol. The van der Waals surface area contributed by atoms with Gasteiger partial charge in [0.2, 0.25) is 5.91 Å². The maximum Gasteiger partial charge on any atom is 0.312 e. The number of carbonyl (C=O) groups excluding carboxylic acids is 4. The summed E-state index contributed by atoms with van der Waals surface area (Å²) in [5, 5.41) is 5.10. The first-order valence-electron chi connectivity index (χ1n) is 10.1. The lowest BCUT2D eigenvalue weighted by Crippen LogP contribution is -2.27. The van der Waals surface area contributed by atoms with Gasteiger partial charge in [0.05, 0.1) is 25.5 Å². The molecule has 2 heterocycles. The lowest BCUT2D eigenvalue weighted by atomic mass is 10.2. The number of benzene rings is 2. The van der Waals surface area contributed by atoms with Gasteiger partial charge in [0.25, 0.3) is 16.4 Å². The summed E-state index contributed by atoms with van der Waals surface area (Å²) in [4.78, 5) is 51.3. The van der Waals surface area contributed by atoms with E-state index in [0.29, 0.717) is 16.4 Å². The number of fused-ring (bicyclic) bond motifs is 1. The van der Waals surface area contributed by atoms with E-state index in [4.69, 9.17) is 13.9 Å². The molecule has 0 radical (unpaired) electrons. The van der Waals surface area contributed by atoms with Gasteiger partial charge in [-0.2, -0.15) is 5.10 Å². The number of rotatable bonds is 9. The summed E-state index contributed by atoms with van der Waals surface area (Å²) < 4.78 is 16.1. The summed E-state index contributed by atoms with van der Waals surface area (Å²) in [6.07, 6.45) is 1.14. The Kier molecular flexibility index (Phi) is 7.67. The van der Waals surface area contributed by atoms with Crippen LogP contribution in [0.3, 0.4) is 0 Å². The van der Waals surface area contributed by atoms with Crippen molar-refractivity contribution >= 4 is 63.9 Å². The van der Waals surface area contributed by atoms with Crippen molar-refractivity contribution in [3.05, 3.63) is 48.0 Å². The van der Waals surface area contributed by atoms with E-state index in [-0.39, 0.29) is 29.6 Å². The molecular weight excluding hydrogens is 496 g/mol. The Hall–Kier alpha value is -3.84. The second-order valence-corrected chi connectivity index (χ2v) is 9.10. The van der Waals surface area contributed by atoms with Gasteiger partial charge >= 0.3 is 5.97 Å². The molecule has 0 saturated carbocycles.